The lowest BCUT2D eigenvalue weighted by Crippen LogP contribution is -2.36. The molecule has 0 fully saturated rings. The molecular formula is C14H16ClN3OS. The number of rotatable bonds is 4. The van der Waals surface area contributed by atoms with Crippen LogP contribution in [-0.2, 0) is 6.54 Å². The van der Waals surface area contributed by atoms with Crippen LogP contribution in [0.4, 0.5) is 4.79 Å². The molecule has 1 aromatic carbocycles. The number of nitrogens with zero attached hydrogens (tertiary/aromatic N) is 1. The minimum Gasteiger partial charge on any atom is -0.332 e. The standard InChI is InChI=1S/C14H16ClN3OS/c1-9-8-20-13(17-9)7-16-14(19)18-10(2)11-5-3-4-6-12(11)15/h3-6,8,10H,7H2,1-2H3,(H2,16,18,19). The Hall–Kier alpha value is -1.59. The first-order valence-corrected chi connectivity index (χ1v) is 7.52. The summed E-state index contributed by atoms with van der Waals surface area (Å²) in [6.45, 7) is 4.26. The maximum absolute atomic E-state index is 11.8. The van der Waals surface area contributed by atoms with Crippen molar-refractivity contribution in [3.63, 3.8) is 0 Å². The van der Waals surface area contributed by atoms with Gasteiger partial charge in [-0.1, -0.05) is 29.8 Å². The molecule has 0 aliphatic carbocycles. The molecule has 0 aliphatic rings. The monoisotopic (exact) mass is 309 g/mol. The molecule has 0 aliphatic heterocycles. The van der Waals surface area contributed by atoms with Crippen LogP contribution in [0.2, 0.25) is 5.02 Å². The van der Waals surface area contributed by atoms with Crippen molar-refractivity contribution in [3.05, 3.63) is 50.9 Å². The molecule has 1 heterocycles. The summed E-state index contributed by atoms with van der Waals surface area (Å²) in [6, 6.07) is 7.09. The van der Waals surface area contributed by atoms with E-state index in [1.807, 2.05) is 43.5 Å². The molecule has 2 amide bonds. The summed E-state index contributed by atoms with van der Waals surface area (Å²) in [4.78, 5) is 16.1. The highest BCUT2D eigenvalue weighted by Crippen LogP contribution is 2.21. The van der Waals surface area contributed by atoms with Crippen LogP contribution in [-0.4, -0.2) is 11.0 Å². The van der Waals surface area contributed by atoms with Gasteiger partial charge in [-0.05, 0) is 25.5 Å². The molecule has 106 valence electrons. The molecule has 1 aromatic heterocycles. The van der Waals surface area contributed by atoms with E-state index in [1.54, 1.807) is 0 Å². The molecule has 0 bridgehead atoms. The van der Waals surface area contributed by atoms with E-state index in [0.717, 1.165) is 16.3 Å². The van der Waals surface area contributed by atoms with Crippen LogP contribution in [0.15, 0.2) is 29.6 Å². The van der Waals surface area contributed by atoms with Crippen LogP contribution in [0.25, 0.3) is 0 Å². The van der Waals surface area contributed by atoms with E-state index in [-0.39, 0.29) is 12.1 Å². The summed E-state index contributed by atoms with van der Waals surface area (Å²) in [5, 5.41) is 9.14. The number of amides is 2. The Morgan fingerprint density at radius 3 is 2.85 bits per heavy atom. The average molecular weight is 310 g/mol. The van der Waals surface area contributed by atoms with Crippen molar-refractivity contribution in [1.29, 1.82) is 0 Å². The number of carbonyl (C=O) groups excluding carboxylic acids is 1. The zero-order valence-electron chi connectivity index (χ0n) is 11.3. The number of thiazole rings is 1. The average Bonchev–Trinajstić information content (AvgIpc) is 2.82. The first kappa shape index (κ1) is 14.8. The highest BCUT2D eigenvalue weighted by molar-refractivity contribution is 7.09. The van der Waals surface area contributed by atoms with Gasteiger partial charge in [-0.3, -0.25) is 0 Å². The number of hydrogen-bond donors (Lipinski definition) is 2. The molecule has 0 saturated carbocycles. The minimum absolute atomic E-state index is 0.151. The molecule has 2 rings (SSSR count). The van der Waals surface area contributed by atoms with E-state index in [9.17, 15) is 4.79 Å². The predicted molar refractivity (Wildman–Crippen MR) is 82.1 cm³/mol. The third-order valence-electron chi connectivity index (χ3n) is 2.79. The van der Waals surface area contributed by atoms with Crippen molar-refractivity contribution in [2.24, 2.45) is 0 Å². The second-order valence-corrected chi connectivity index (χ2v) is 5.80. The summed E-state index contributed by atoms with van der Waals surface area (Å²) in [6.07, 6.45) is 0. The van der Waals surface area contributed by atoms with Crippen molar-refractivity contribution in [3.8, 4) is 0 Å². The summed E-state index contributed by atoms with van der Waals surface area (Å²) in [5.41, 5.74) is 1.87. The fraction of sp³-hybridized carbons (Fsp3) is 0.286. The minimum atomic E-state index is -0.231. The van der Waals surface area contributed by atoms with Gasteiger partial charge in [0.1, 0.15) is 5.01 Å². The van der Waals surface area contributed by atoms with Crippen molar-refractivity contribution in [2.45, 2.75) is 26.4 Å². The lowest BCUT2D eigenvalue weighted by molar-refractivity contribution is 0.237. The van der Waals surface area contributed by atoms with Crippen LogP contribution in [0.5, 0.6) is 0 Å². The molecule has 2 aromatic rings. The third-order valence-corrected chi connectivity index (χ3v) is 4.10. The van der Waals surface area contributed by atoms with Crippen LogP contribution in [0, 0.1) is 6.92 Å². The number of hydrogen-bond acceptors (Lipinski definition) is 3. The zero-order valence-corrected chi connectivity index (χ0v) is 12.9. The Labute approximate surface area is 127 Å². The largest absolute Gasteiger partial charge is 0.332 e. The molecule has 4 nitrogen and oxygen atoms in total. The number of halogens is 1. The first-order chi connectivity index (χ1) is 9.56. The SMILES string of the molecule is Cc1csc(CNC(=O)NC(C)c2ccccc2Cl)n1. The number of aryl methyl sites for hydroxylation is 1. The van der Waals surface area contributed by atoms with Crippen LogP contribution >= 0.6 is 22.9 Å². The van der Waals surface area contributed by atoms with Gasteiger partial charge < -0.3 is 10.6 Å². The van der Waals surface area contributed by atoms with E-state index in [2.05, 4.69) is 15.6 Å². The molecule has 1 unspecified atom stereocenters. The van der Waals surface area contributed by atoms with Crippen LogP contribution in [0.1, 0.15) is 29.2 Å². The molecule has 6 heteroatoms. The number of aromatic nitrogens is 1. The third kappa shape index (κ3) is 3.95. The Bertz CT molecular complexity index is 600. The van der Waals surface area contributed by atoms with Gasteiger partial charge in [0, 0.05) is 16.1 Å². The van der Waals surface area contributed by atoms with Gasteiger partial charge in [-0.2, -0.15) is 0 Å². The van der Waals surface area contributed by atoms with E-state index in [0.29, 0.717) is 11.6 Å². The van der Waals surface area contributed by atoms with Gasteiger partial charge in [0.2, 0.25) is 0 Å². The van der Waals surface area contributed by atoms with Crippen molar-refractivity contribution in [2.75, 3.05) is 0 Å². The van der Waals surface area contributed by atoms with Gasteiger partial charge in [0.05, 0.1) is 12.6 Å². The summed E-state index contributed by atoms with van der Waals surface area (Å²) in [5.74, 6) is 0. The van der Waals surface area contributed by atoms with Gasteiger partial charge in [0.25, 0.3) is 0 Å². The van der Waals surface area contributed by atoms with E-state index < -0.39 is 0 Å². The molecule has 1 atom stereocenters. The maximum atomic E-state index is 11.8. The van der Waals surface area contributed by atoms with Gasteiger partial charge in [0.15, 0.2) is 0 Å². The fourth-order valence-corrected chi connectivity index (χ4v) is 2.80. The fourth-order valence-electron chi connectivity index (χ4n) is 1.79. The second-order valence-electron chi connectivity index (χ2n) is 4.45. The van der Waals surface area contributed by atoms with Gasteiger partial charge in [-0.25, -0.2) is 9.78 Å². The highest BCUT2D eigenvalue weighted by Gasteiger charge is 2.12. The summed E-state index contributed by atoms with van der Waals surface area (Å²) >= 11 is 7.63. The molecular weight excluding hydrogens is 294 g/mol. The van der Waals surface area contributed by atoms with Crippen LogP contribution in [0.3, 0.4) is 0 Å². The smallest absolute Gasteiger partial charge is 0.315 e. The van der Waals surface area contributed by atoms with Crippen molar-refractivity contribution in [1.82, 2.24) is 15.6 Å². The molecule has 2 N–H and O–H groups in total. The number of urea groups is 1. The number of carbonyl (C=O) groups is 1. The van der Waals surface area contributed by atoms with E-state index >= 15 is 0 Å². The molecule has 0 saturated heterocycles. The van der Waals surface area contributed by atoms with E-state index in [4.69, 9.17) is 11.6 Å². The van der Waals surface area contributed by atoms with Crippen LogP contribution < -0.4 is 10.6 Å². The lowest BCUT2D eigenvalue weighted by Gasteiger charge is -2.15. The lowest BCUT2D eigenvalue weighted by atomic mass is 10.1. The van der Waals surface area contributed by atoms with Gasteiger partial charge >= 0.3 is 6.03 Å². The van der Waals surface area contributed by atoms with Crippen molar-refractivity contribution >= 4 is 29.0 Å². The summed E-state index contributed by atoms with van der Waals surface area (Å²) < 4.78 is 0. The predicted octanol–water partition coefficient (Wildman–Crippen LogP) is 3.67. The Kier molecular flexibility index (Phi) is 4.98. The second kappa shape index (κ2) is 6.72. The number of benzene rings is 1. The van der Waals surface area contributed by atoms with Crippen molar-refractivity contribution < 1.29 is 4.79 Å². The highest BCUT2D eigenvalue weighted by atomic mass is 35.5. The maximum Gasteiger partial charge on any atom is 0.315 e. The molecule has 0 radical (unpaired) electrons. The molecule has 20 heavy (non-hydrogen) atoms. The van der Waals surface area contributed by atoms with Gasteiger partial charge in [-0.15, -0.1) is 11.3 Å². The zero-order chi connectivity index (χ0) is 14.5. The Balaban J connectivity index is 1.87. The quantitative estimate of drug-likeness (QED) is 0.905. The Morgan fingerprint density at radius 2 is 2.20 bits per heavy atom. The number of nitrogens with one attached hydrogen (secondary N) is 2. The topological polar surface area (TPSA) is 54.0 Å². The van der Waals surface area contributed by atoms with E-state index in [1.165, 1.54) is 11.3 Å². The molecule has 0 spiro atoms. The summed E-state index contributed by atoms with van der Waals surface area (Å²) in [7, 11) is 0. The first-order valence-electron chi connectivity index (χ1n) is 6.26. The normalized spacial score (nSPS) is 11.9. The Morgan fingerprint density at radius 1 is 1.45 bits per heavy atom.